The summed E-state index contributed by atoms with van der Waals surface area (Å²) in [5.41, 5.74) is 0. The SMILES string of the molecule is OC[C@H]1CCC2CNCCN21. The van der Waals surface area contributed by atoms with Crippen LogP contribution in [-0.4, -0.2) is 48.3 Å². The number of aliphatic hydroxyl groups excluding tert-OH is 1. The lowest BCUT2D eigenvalue weighted by Crippen LogP contribution is -2.51. The summed E-state index contributed by atoms with van der Waals surface area (Å²) in [5, 5.41) is 12.4. The Morgan fingerprint density at radius 3 is 3.18 bits per heavy atom. The molecule has 0 saturated carbocycles. The van der Waals surface area contributed by atoms with Gasteiger partial charge in [0.2, 0.25) is 0 Å². The molecule has 0 aliphatic carbocycles. The van der Waals surface area contributed by atoms with Gasteiger partial charge in [0.25, 0.3) is 0 Å². The van der Waals surface area contributed by atoms with Gasteiger partial charge in [-0.25, -0.2) is 0 Å². The fraction of sp³-hybridized carbons (Fsp3) is 1.00. The molecule has 1 unspecified atom stereocenters. The van der Waals surface area contributed by atoms with E-state index in [1.807, 2.05) is 0 Å². The summed E-state index contributed by atoms with van der Waals surface area (Å²) in [6.45, 7) is 3.68. The molecule has 2 rings (SSSR count). The Kier molecular flexibility index (Phi) is 2.11. The van der Waals surface area contributed by atoms with Crippen LogP contribution < -0.4 is 5.32 Å². The molecule has 2 aliphatic rings. The van der Waals surface area contributed by atoms with Gasteiger partial charge in [-0.15, -0.1) is 0 Å². The van der Waals surface area contributed by atoms with Crippen LogP contribution in [0.5, 0.6) is 0 Å². The minimum atomic E-state index is 0.344. The third kappa shape index (κ3) is 1.28. The van der Waals surface area contributed by atoms with Gasteiger partial charge in [-0.3, -0.25) is 4.90 Å². The third-order valence-corrected chi connectivity index (χ3v) is 2.91. The van der Waals surface area contributed by atoms with Crippen molar-refractivity contribution in [3.8, 4) is 0 Å². The van der Waals surface area contributed by atoms with E-state index in [9.17, 15) is 0 Å². The van der Waals surface area contributed by atoms with Crippen LogP contribution in [0.25, 0.3) is 0 Å². The second kappa shape index (κ2) is 3.09. The van der Waals surface area contributed by atoms with E-state index in [0.717, 1.165) is 19.6 Å². The highest BCUT2D eigenvalue weighted by molar-refractivity contribution is 4.91. The molecule has 2 saturated heterocycles. The molecule has 0 aromatic carbocycles. The van der Waals surface area contributed by atoms with Crippen molar-refractivity contribution >= 4 is 0 Å². The fourth-order valence-corrected chi connectivity index (χ4v) is 2.27. The molecule has 3 nitrogen and oxygen atoms in total. The van der Waals surface area contributed by atoms with E-state index >= 15 is 0 Å². The van der Waals surface area contributed by atoms with Crippen LogP contribution in [0.4, 0.5) is 0 Å². The standard InChI is InChI=1S/C8H16N2O/c11-6-8-2-1-7-5-9-3-4-10(7)8/h7-9,11H,1-6H2/t7?,8-/m1/s1. The molecule has 3 heteroatoms. The highest BCUT2D eigenvalue weighted by Crippen LogP contribution is 2.24. The zero-order valence-corrected chi connectivity index (χ0v) is 6.79. The van der Waals surface area contributed by atoms with Crippen LogP contribution in [0.15, 0.2) is 0 Å². The number of rotatable bonds is 1. The third-order valence-electron chi connectivity index (χ3n) is 2.91. The van der Waals surface area contributed by atoms with Crippen LogP contribution in [0.2, 0.25) is 0 Å². The summed E-state index contributed by atoms with van der Waals surface area (Å²) in [4.78, 5) is 2.45. The molecule has 0 aromatic rings. The highest BCUT2D eigenvalue weighted by atomic mass is 16.3. The Morgan fingerprint density at radius 1 is 1.45 bits per heavy atom. The lowest BCUT2D eigenvalue weighted by Gasteiger charge is -2.33. The monoisotopic (exact) mass is 156 g/mol. The minimum Gasteiger partial charge on any atom is -0.395 e. The van der Waals surface area contributed by atoms with Gasteiger partial charge in [0.05, 0.1) is 6.61 Å². The Hall–Kier alpha value is -0.120. The highest BCUT2D eigenvalue weighted by Gasteiger charge is 2.33. The van der Waals surface area contributed by atoms with Gasteiger partial charge in [-0.05, 0) is 12.8 Å². The molecule has 64 valence electrons. The van der Waals surface area contributed by atoms with Gasteiger partial charge >= 0.3 is 0 Å². The number of hydrogen-bond donors (Lipinski definition) is 2. The molecule has 2 fully saturated rings. The average molecular weight is 156 g/mol. The molecule has 2 atom stereocenters. The van der Waals surface area contributed by atoms with Crippen molar-refractivity contribution in [2.24, 2.45) is 0 Å². The van der Waals surface area contributed by atoms with Crippen LogP contribution in [-0.2, 0) is 0 Å². The molecular formula is C8H16N2O. The van der Waals surface area contributed by atoms with Crippen molar-refractivity contribution in [3.63, 3.8) is 0 Å². The van der Waals surface area contributed by atoms with Crippen LogP contribution in [0.1, 0.15) is 12.8 Å². The minimum absolute atomic E-state index is 0.344. The molecule has 0 radical (unpaired) electrons. The first-order valence-electron chi connectivity index (χ1n) is 4.49. The Morgan fingerprint density at radius 2 is 2.36 bits per heavy atom. The predicted molar refractivity (Wildman–Crippen MR) is 43.5 cm³/mol. The van der Waals surface area contributed by atoms with Gasteiger partial charge in [-0.2, -0.15) is 0 Å². The quantitative estimate of drug-likeness (QED) is 0.533. The number of nitrogens with zero attached hydrogens (tertiary/aromatic N) is 1. The van der Waals surface area contributed by atoms with Crippen molar-refractivity contribution in [1.29, 1.82) is 0 Å². The second-order valence-corrected chi connectivity index (χ2v) is 3.51. The lowest BCUT2D eigenvalue weighted by atomic mass is 10.2. The molecule has 2 aliphatic heterocycles. The van der Waals surface area contributed by atoms with E-state index in [0.29, 0.717) is 18.7 Å². The summed E-state index contributed by atoms with van der Waals surface area (Å²) < 4.78 is 0. The summed E-state index contributed by atoms with van der Waals surface area (Å²) in [6, 6.07) is 1.17. The summed E-state index contributed by atoms with van der Waals surface area (Å²) in [7, 11) is 0. The van der Waals surface area contributed by atoms with E-state index in [-0.39, 0.29) is 0 Å². The van der Waals surface area contributed by atoms with Gasteiger partial charge in [0.15, 0.2) is 0 Å². The normalized spacial score (nSPS) is 39.0. The number of piperazine rings is 1. The molecule has 2 heterocycles. The molecule has 11 heavy (non-hydrogen) atoms. The van der Waals surface area contributed by atoms with Crippen molar-refractivity contribution < 1.29 is 5.11 Å². The maximum absolute atomic E-state index is 9.04. The van der Waals surface area contributed by atoms with Crippen molar-refractivity contribution in [2.75, 3.05) is 26.2 Å². The lowest BCUT2D eigenvalue weighted by molar-refractivity contribution is 0.112. The van der Waals surface area contributed by atoms with E-state index in [2.05, 4.69) is 10.2 Å². The van der Waals surface area contributed by atoms with Gasteiger partial charge in [0, 0.05) is 31.7 Å². The van der Waals surface area contributed by atoms with E-state index < -0.39 is 0 Å². The van der Waals surface area contributed by atoms with Gasteiger partial charge in [-0.1, -0.05) is 0 Å². The van der Waals surface area contributed by atoms with Gasteiger partial charge in [0.1, 0.15) is 0 Å². The summed E-state index contributed by atoms with van der Waals surface area (Å²) >= 11 is 0. The maximum atomic E-state index is 9.04. The van der Waals surface area contributed by atoms with Crippen LogP contribution in [0, 0.1) is 0 Å². The first kappa shape index (κ1) is 7.53. The van der Waals surface area contributed by atoms with Crippen molar-refractivity contribution in [3.05, 3.63) is 0 Å². The Bertz CT molecular complexity index is 134. The van der Waals surface area contributed by atoms with E-state index in [1.165, 1.54) is 12.8 Å². The smallest absolute Gasteiger partial charge is 0.0587 e. The number of aliphatic hydroxyl groups is 1. The number of nitrogens with one attached hydrogen (secondary N) is 1. The first-order chi connectivity index (χ1) is 5.42. The Labute approximate surface area is 67.4 Å². The Balaban J connectivity index is 1.98. The molecular weight excluding hydrogens is 140 g/mol. The maximum Gasteiger partial charge on any atom is 0.0587 e. The molecule has 2 N–H and O–H groups in total. The zero-order chi connectivity index (χ0) is 7.68. The van der Waals surface area contributed by atoms with Gasteiger partial charge < -0.3 is 10.4 Å². The fourth-order valence-electron chi connectivity index (χ4n) is 2.27. The average Bonchev–Trinajstić information content (AvgIpc) is 2.47. The molecule has 0 aromatic heterocycles. The number of hydrogen-bond acceptors (Lipinski definition) is 3. The van der Waals surface area contributed by atoms with Crippen molar-refractivity contribution in [2.45, 2.75) is 24.9 Å². The summed E-state index contributed by atoms with van der Waals surface area (Å²) in [6.07, 6.45) is 2.45. The largest absolute Gasteiger partial charge is 0.395 e. The van der Waals surface area contributed by atoms with Crippen LogP contribution >= 0.6 is 0 Å². The summed E-state index contributed by atoms with van der Waals surface area (Å²) in [5.74, 6) is 0. The molecule has 0 spiro atoms. The van der Waals surface area contributed by atoms with E-state index in [1.54, 1.807) is 0 Å². The van der Waals surface area contributed by atoms with Crippen LogP contribution in [0.3, 0.4) is 0 Å². The first-order valence-corrected chi connectivity index (χ1v) is 4.49. The second-order valence-electron chi connectivity index (χ2n) is 3.51. The predicted octanol–water partition coefficient (Wildman–Crippen LogP) is -0.585. The zero-order valence-electron chi connectivity index (χ0n) is 6.79. The van der Waals surface area contributed by atoms with E-state index in [4.69, 9.17) is 5.11 Å². The molecule has 0 amide bonds. The topological polar surface area (TPSA) is 35.5 Å². The van der Waals surface area contributed by atoms with Crippen molar-refractivity contribution in [1.82, 2.24) is 10.2 Å². The number of fused-ring (bicyclic) bond motifs is 1. The molecule has 0 bridgehead atoms.